The molecule has 0 bridgehead atoms. The number of anilines is 1. The Kier molecular flexibility index (Phi) is 1.33. The van der Waals surface area contributed by atoms with E-state index in [9.17, 15) is 0 Å². The quantitative estimate of drug-likeness (QED) is 0.597. The van der Waals surface area contributed by atoms with E-state index in [1.165, 1.54) is 0 Å². The van der Waals surface area contributed by atoms with Gasteiger partial charge in [-0.25, -0.2) is 4.98 Å². The van der Waals surface area contributed by atoms with E-state index in [1.807, 2.05) is 16.6 Å². The minimum absolute atomic E-state index is 0.774. The summed E-state index contributed by atoms with van der Waals surface area (Å²) in [6.07, 6.45) is 3.62. The average molecular weight is 165 g/mol. The van der Waals surface area contributed by atoms with Gasteiger partial charge < -0.3 is 10.1 Å². The van der Waals surface area contributed by atoms with Crippen molar-refractivity contribution in [2.75, 3.05) is 5.73 Å². The first kappa shape index (κ1) is 6.62. The Bertz CT molecular complexity index is 393. The van der Waals surface area contributed by atoms with Crippen molar-refractivity contribution in [3.63, 3.8) is 0 Å². The van der Waals surface area contributed by atoms with E-state index in [-0.39, 0.29) is 0 Å². The molecule has 0 radical (unpaired) electrons. The highest BCUT2D eigenvalue weighted by molar-refractivity contribution is 7.14. The van der Waals surface area contributed by atoms with E-state index in [0.717, 1.165) is 16.7 Å². The SMILES string of the molecule is Nc1ccnc2c1ccn2P. The molecule has 0 aliphatic carbocycles. The minimum atomic E-state index is 0.774. The predicted octanol–water partition coefficient (Wildman–Crippen LogP) is 1.26. The Morgan fingerprint density at radius 2 is 2.27 bits per heavy atom. The van der Waals surface area contributed by atoms with Gasteiger partial charge >= 0.3 is 0 Å². The summed E-state index contributed by atoms with van der Waals surface area (Å²) in [4.78, 5) is 4.16. The van der Waals surface area contributed by atoms with Crippen molar-refractivity contribution >= 4 is 26.1 Å². The third kappa shape index (κ3) is 0.889. The van der Waals surface area contributed by atoms with Gasteiger partial charge in [0.1, 0.15) is 5.65 Å². The van der Waals surface area contributed by atoms with Crippen molar-refractivity contribution in [3.8, 4) is 0 Å². The molecule has 0 aliphatic heterocycles. The minimum Gasteiger partial charge on any atom is -0.398 e. The number of hydrogen-bond donors (Lipinski definition) is 1. The molecule has 0 fully saturated rings. The number of nitrogen functional groups attached to an aromatic ring is 1. The summed E-state index contributed by atoms with van der Waals surface area (Å²) < 4.78 is 1.87. The van der Waals surface area contributed by atoms with Crippen molar-refractivity contribution < 1.29 is 0 Å². The number of aromatic nitrogens is 2. The molecule has 3 nitrogen and oxygen atoms in total. The zero-order chi connectivity index (χ0) is 7.84. The Morgan fingerprint density at radius 1 is 1.45 bits per heavy atom. The lowest BCUT2D eigenvalue weighted by Crippen LogP contribution is -1.87. The highest BCUT2D eigenvalue weighted by atomic mass is 31.0. The molecule has 1 atom stereocenters. The molecule has 2 rings (SSSR count). The molecule has 0 spiro atoms. The topological polar surface area (TPSA) is 43.8 Å². The van der Waals surface area contributed by atoms with Gasteiger partial charge in [0.15, 0.2) is 0 Å². The number of rotatable bonds is 0. The van der Waals surface area contributed by atoms with Crippen molar-refractivity contribution in [2.45, 2.75) is 0 Å². The van der Waals surface area contributed by atoms with Crippen LogP contribution < -0.4 is 5.73 Å². The third-order valence-electron chi connectivity index (χ3n) is 1.65. The zero-order valence-electron chi connectivity index (χ0n) is 5.86. The highest BCUT2D eigenvalue weighted by Gasteiger charge is 2.00. The number of fused-ring (bicyclic) bond motifs is 1. The average Bonchev–Trinajstić information content (AvgIpc) is 2.35. The van der Waals surface area contributed by atoms with Crippen LogP contribution in [0.1, 0.15) is 0 Å². The van der Waals surface area contributed by atoms with Crippen LogP contribution in [0, 0.1) is 0 Å². The van der Waals surface area contributed by atoms with E-state index in [0.29, 0.717) is 0 Å². The molecule has 0 saturated carbocycles. The number of nitrogens with zero attached hydrogens (tertiary/aromatic N) is 2. The lowest BCUT2D eigenvalue weighted by atomic mass is 10.3. The van der Waals surface area contributed by atoms with Crippen LogP contribution in [0.25, 0.3) is 11.0 Å². The molecule has 56 valence electrons. The van der Waals surface area contributed by atoms with E-state index >= 15 is 0 Å². The maximum atomic E-state index is 5.71. The second-order valence-electron chi connectivity index (χ2n) is 2.36. The first-order chi connectivity index (χ1) is 5.29. The Balaban J connectivity index is 2.94. The van der Waals surface area contributed by atoms with Gasteiger partial charge in [-0.1, -0.05) is 0 Å². The second-order valence-corrected chi connectivity index (χ2v) is 2.92. The number of nitrogens with two attached hydrogens (primary N) is 1. The van der Waals surface area contributed by atoms with Gasteiger partial charge in [-0.15, -0.1) is 0 Å². The normalized spacial score (nSPS) is 10.6. The maximum Gasteiger partial charge on any atom is 0.144 e. The predicted molar refractivity (Wildman–Crippen MR) is 49.3 cm³/mol. The third-order valence-corrected chi connectivity index (χ3v) is 2.07. The van der Waals surface area contributed by atoms with Crippen LogP contribution in [0.15, 0.2) is 24.5 Å². The molecule has 0 saturated heterocycles. The number of pyridine rings is 1. The Morgan fingerprint density at radius 3 is 3.00 bits per heavy atom. The fraction of sp³-hybridized carbons (Fsp3) is 0. The fourth-order valence-electron chi connectivity index (χ4n) is 1.08. The van der Waals surface area contributed by atoms with Crippen LogP contribution >= 0.6 is 9.39 Å². The Labute approximate surface area is 66.5 Å². The summed E-state index contributed by atoms with van der Waals surface area (Å²) in [6.45, 7) is 0. The summed E-state index contributed by atoms with van der Waals surface area (Å²) in [7, 11) is 2.55. The lowest BCUT2D eigenvalue weighted by Gasteiger charge is -1.95. The summed E-state index contributed by atoms with van der Waals surface area (Å²) >= 11 is 0. The van der Waals surface area contributed by atoms with Crippen LogP contribution in [0.4, 0.5) is 5.69 Å². The molecule has 0 aliphatic rings. The molecular weight excluding hydrogens is 157 g/mol. The van der Waals surface area contributed by atoms with Crippen molar-refractivity contribution in [1.29, 1.82) is 0 Å². The van der Waals surface area contributed by atoms with E-state index < -0.39 is 0 Å². The van der Waals surface area contributed by atoms with Crippen LogP contribution in [-0.4, -0.2) is 9.32 Å². The molecule has 0 aromatic carbocycles. The van der Waals surface area contributed by atoms with Crippen LogP contribution in [0.2, 0.25) is 0 Å². The van der Waals surface area contributed by atoms with Gasteiger partial charge in [-0.3, -0.25) is 0 Å². The van der Waals surface area contributed by atoms with Crippen LogP contribution in [0.3, 0.4) is 0 Å². The van der Waals surface area contributed by atoms with Gasteiger partial charge in [0, 0.05) is 23.5 Å². The van der Waals surface area contributed by atoms with Gasteiger partial charge in [0.25, 0.3) is 0 Å². The van der Waals surface area contributed by atoms with Gasteiger partial charge in [-0.2, -0.15) is 0 Å². The first-order valence-corrected chi connectivity index (χ1v) is 3.77. The molecule has 1 unspecified atom stereocenters. The van der Waals surface area contributed by atoms with Crippen LogP contribution in [0.5, 0.6) is 0 Å². The zero-order valence-corrected chi connectivity index (χ0v) is 7.01. The van der Waals surface area contributed by atoms with Gasteiger partial charge in [0.05, 0.1) is 0 Å². The first-order valence-electron chi connectivity index (χ1n) is 3.25. The smallest absolute Gasteiger partial charge is 0.144 e. The van der Waals surface area contributed by atoms with Crippen LogP contribution in [-0.2, 0) is 0 Å². The standard InChI is InChI=1S/C7H8N3P/c8-6-1-3-9-7-5(6)2-4-10(7)11/h1-4H,11H2,(H2,8,9). The summed E-state index contributed by atoms with van der Waals surface area (Å²) in [5.41, 5.74) is 7.38. The van der Waals surface area contributed by atoms with Crippen molar-refractivity contribution in [2.24, 2.45) is 0 Å². The monoisotopic (exact) mass is 165 g/mol. The van der Waals surface area contributed by atoms with E-state index in [4.69, 9.17) is 5.73 Å². The highest BCUT2D eigenvalue weighted by Crippen LogP contribution is 2.20. The summed E-state index contributed by atoms with van der Waals surface area (Å²) in [5, 5.41) is 1.00. The lowest BCUT2D eigenvalue weighted by molar-refractivity contribution is 1.26. The molecule has 2 aromatic heterocycles. The molecular formula is C7H8N3P. The van der Waals surface area contributed by atoms with E-state index in [1.54, 1.807) is 12.3 Å². The maximum absolute atomic E-state index is 5.71. The molecule has 2 heterocycles. The van der Waals surface area contributed by atoms with E-state index in [2.05, 4.69) is 14.4 Å². The Hall–Kier alpha value is -1.08. The van der Waals surface area contributed by atoms with Gasteiger partial charge in [0.2, 0.25) is 0 Å². The van der Waals surface area contributed by atoms with Gasteiger partial charge in [-0.05, 0) is 21.5 Å². The second kappa shape index (κ2) is 2.21. The summed E-state index contributed by atoms with van der Waals surface area (Å²) in [5.74, 6) is 0. The summed E-state index contributed by atoms with van der Waals surface area (Å²) in [6, 6.07) is 3.75. The molecule has 11 heavy (non-hydrogen) atoms. The van der Waals surface area contributed by atoms with Crippen molar-refractivity contribution in [3.05, 3.63) is 24.5 Å². The molecule has 2 N–H and O–H groups in total. The molecule has 4 heteroatoms. The fourth-order valence-corrected chi connectivity index (χ4v) is 1.37. The number of hydrogen-bond acceptors (Lipinski definition) is 2. The largest absolute Gasteiger partial charge is 0.398 e. The molecule has 0 amide bonds. The van der Waals surface area contributed by atoms with Crippen molar-refractivity contribution in [1.82, 2.24) is 9.32 Å². The molecule has 2 aromatic rings.